The molecule has 1 unspecified atom stereocenters. The van der Waals surface area contributed by atoms with Crippen LogP contribution in [0.25, 0.3) is 0 Å². The summed E-state index contributed by atoms with van der Waals surface area (Å²) in [5.41, 5.74) is 4.43. The fourth-order valence-corrected chi connectivity index (χ4v) is 1.75. The lowest BCUT2D eigenvalue weighted by Gasteiger charge is -2.14. The van der Waals surface area contributed by atoms with Gasteiger partial charge >= 0.3 is 5.97 Å². The molecular formula is C13H18O2. The molecule has 1 atom stereocenters. The van der Waals surface area contributed by atoms with Crippen molar-refractivity contribution in [1.29, 1.82) is 0 Å². The second kappa shape index (κ2) is 4.47. The zero-order valence-electron chi connectivity index (χ0n) is 9.79. The van der Waals surface area contributed by atoms with E-state index >= 15 is 0 Å². The Morgan fingerprint density at radius 3 is 2.47 bits per heavy atom. The van der Waals surface area contributed by atoms with Crippen LogP contribution in [0.1, 0.15) is 42.0 Å². The number of carboxylic acids is 1. The summed E-state index contributed by atoms with van der Waals surface area (Å²) in [6, 6.07) is 4.15. The topological polar surface area (TPSA) is 37.3 Å². The number of aryl methyl sites for hydroxylation is 2. The van der Waals surface area contributed by atoms with Gasteiger partial charge in [0.1, 0.15) is 0 Å². The molecule has 2 nitrogen and oxygen atoms in total. The van der Waals surface area contributed by atoms with Crippen LogP contribution in [0.15, 0.2) is 12.1 Å². The van der Waals surface area contributed by atoms with Crippen LogP contribution in [0.5, 0.6) is 0 Å². The van der Waals surface area contributed by atoms with E-state index in [2.05, 4.69) is 13.0 Å². The number of carboxylic acid groups (broad SMARTS) is 1. The monoisotopic (exact) mass is 206 g/mol. The molecule has 0 fully saturated rings. The number of hydrogen-bond acceptors (Lipinski definition) is 1. The highest BCUT2D eigenvalue weighted by Gasteiger charge is 2.17. The van der Waals surface area contributed by atoms with Gasteiger partial charge in [0.15, 0.2) is 0 Å². The van der Waals surface area contributed by atoms with Crippen LogP contribution in [0.4, 0.5) is 0 Å². The standard InChI is InChI=1S/C13H18O2/c1-5-11-6-8(2)9(3)12(7-11)10(4)13(14)15/h6-7,10H,5H2,1-4H3,(H,14,15). The maximum absolute atomic E-state index is 11.0. The Balaban J connectivity index is 3.27. The minimum Gasteiger partial charge on any atom is -0.481 e. The summed E-state index contributed by atoms with van der Waals surface area (Å²) >= 11 is 0. The Labute approximate surface area is 90.9 Å². The summed E-state index contributed by atoms with van der Waals surface area (Å²) < 4.78 is 0. The minimum atomic E-state index is -0.759. The summed E-state index contributed by atoms with van der Waals surface area (Å²) in [4.78, 5) is 11.0. The van der Waals surface area contributed by atoms with E-state index in [0.717, 1.165) is 17.5 Å². The molecule has 0 radical (unpaired) electrons. The maximum Gasteiger partial charge on any atom is 0.310 e. The summed E-state index contributed by atoms with van der Waals surface area (Å²) in [5.74, 6) is -1.18. The third-order valence-electron chi connectivity index (χ3n) is 3.01. The van der Waals surface area contributed by atoms with E-state index in [1.807, 2.05) is 19.9 Å². The lowest BCUT2D eigenvalue weighted by atomic mass is 9.91. The highest BCUT2D eigenvalue weighted by Crippen LogP contribution is 2.24. The Hall–Kier alpha value is -1.31. The van der Waals surface area contributed by atoms with Gasteiger partial charge in [-0.15, -0.1) is 0 Å². The van der Waals surface area contributed by atoms with E-state index in [4.69, 9.17) is 5.11 Å². The molecular weight excluding hydrogens is 188 g/mol. The number of rotatable bonds is 3. The van der Waals surface area contributed by atoms with Crippen LogP contribution in [0, 0.1) is 13.8 Å². The van der Waals surface area contributed by atoms with Crippen molar-refractivity contribution in [3.8, 4) is 0 Å². The summed E-state index contributed by atoms with van der Waals surface area (Å²) in [6.07, 6.45) is 0.945. The van der Waals surface area contributed by atoms with E-state index in [0.29, 0.717) is 0 Å². The zero-order chi connectivity index (χ0) is 11.6. The predicted octanol–water partition coefficient (Wildman–Crippen LogP) is 3.05. The largest absolute Gasteiger partial charge is 0.481 e. The van der Waals surface area contributed by atoms with Crippen LogP contribution in [-0.4, -0.2) is 11.1 Å². The molecule has 1 rings (SSSR count). The third kappa shape index (κ3) is 2.38. The molecule has 0 heterocycles. The van der Waals surface area contributed by atoms with Gasteiger partial charge in [-0.3, -0.25) is 4.79 Å². The molecule has 1 aromatic rings. The van der Waals surface area contributed by atoms with Gasteiger partial charge in [-0.2, -0.15) is 0 Å². The smallest absolute Gasteiger partial charge is 0.310 e. The van der Waals surface area contributed by atoms with Crippen molar-refractivity contribution in [3.05, 3.63) is 34.4 Å². The van der Waals surface area contributed by atoms with E-state index in [1.54, 1.807) is 6.92 Å². The molecule has 0 aromatic heterocycles. The third-order valence-corrected chi connectivity index (χ3v) is 3.01. The molecule has 15 heavy (non-hydrogen) atoms. The second-order valence-electron chi connectivity index (χ2n) is 4.04. The highest BCUT2D eigenvalue weighted by atomic mass is 16.4. The molecule has 0 aliphatic rings. The average molecular weight is 206 g/mol. The quantitative estimate of drug-likeness (QED) is 0.825. The fraction of sp³-hybridized carbons (Fsp3) is 0.462. The van der Waals surface area contributed by atoms with Crippen molar-refractivity contribution in [2.45, 2.75) is 40.0 Å². The van der Waals surface area contributed by atoms with Crippen molar-refractivity contribution in [3.63, 3.8) is 0 Å². The van der Waals surface area contributed by atoms with Crippen LogP contribution >= 0.6 is 0 Å². The number of aliphatic carboxylic acids is 1. The summed E-state index contributed by atoms with van der Waals surface area (Å²) in [6.45, 7) is 7.85. The van der Waals surface area contributed by atoms with Gasteiger partial charge in [0.25, 0.3) is 0 Å². The van der Waals surface area contributed by atoms with Gasteiger partial charge in [0, 0.05) is 0 Å². The van der Waals surface area contributed by atoms with Crippen LogP contribution in [-0.2, 0) is 11.2 Å². The van der Waals surface area contributed by atoms with Gasteiger partial charge in [-0.25, -0.2) is 0 Å². The molecule has 0 bridgehead atoms. The molecule has 0 aliphatic carbocycles. The normalized spacial score (nSPS) is 12.5. The van der Waals surface area contributed by atoms with Gasteiger partial charge in [0.2, 0.25) is 0 Å². The van der Waals surface area contributed by atoms with Crippen LogP contribution < -0.4 is 0 Å². The van der Waals surface area contributed by atoms with Crippen LogP contribution in [0.3, 0.4) is 0 Å². The van der Waals surface area contributed by atoms with Crippen LogP contribution in [0.2, 0.25) is 0 Å². The molecule has 0 spiro atoms. The van der Waals surface area contributed by atoms with Gasteiger partial charge in [-0.05, 0) is 49.4 Å². The van der Waals surface area contributed by atoms with Gasteiger partial charge in [0.05, 0.1) is 5.92 Å². The Morgan fingerprint density at radius 2 is 2.00 bits per heavy atom. The van der Waals surface area contributed by atoms with Crippen molar-refractivity contribution in [2.75, 3.05) is 0 Å². The van der Waals surface area contributed by atoms with Crippen molar-refractivity contribution >= 4 is 5.97 Å². The van der Waals surface area contributed by atoms with E-state index in [1.165, 1.54) is 11.1 Å². The van der Waals surface area contributed by atoms with E-state index in [-0.39, 0.29) is 0 Å². The predicted molar refractivity (Wildman–Crippen MR) is 61.3 cm³/mol. The number of hydrogen-bond donors (Lipinski definition) is 1. The molecule has 0 saturated heterocycles. The molecule has 1 aromatic carbocycles. The Bertz CT molecular complexity index is 380. The highest BCUT2D eigenvalue weighted by molar-refractivity contribution is 5.76. The molecule has 1 N–H and O–H groups in total. The molecule has 0 amide bonds. The zero-order valence-corrected chi connectivity index (χ0v) is 9.79. The van der Waals surface area contributed by atoms with E-state index < -0.39 is 11.9 Å². The summed E-state index contributed by atoms with van der Waals surface area (Å²) in [5, 5.41) is 9.01. The molecule has 0 aliphatic heterocycles. The van der Waals surface area contributed by atoms with E-state index in [9.17, 15) is 4.79 Å². The SMILES string of the molecule is CCc1cc(C)c(C)c(C(C)C(=O)O)c1. The molecule has 0 saturated carbocycles. The first-order valence-corrected chi connectivity index (χ1v) is 5.30. The Morgan fingerprint density at radius 1 is 1.40 bits per heavy atom. The Kier molecular flexibility index (Phi) is 3.51. The maximum atomic E-state index is 11.0. The van der Waals surface area contributed by atoms with Crippen molar-refractivity contribution in [1.82, 2.24) is 0 Å². The van der Waals surface area contributed by atoms with Gasteiger partial charge < -0.3 is 5.11 Å². The summed E-state index contributed by atoms with van der Waals surface area (Å²) in [7, 11) is 0. The van der Waals surface area contributed by atoms with Crippen molar-refractivity contribution < 1.29 is 9.90 Å². The molecule has 82 valence electrons. The second-order valence-corrected chi connectivity index (χ2v) is 4.04. The fourth-order valence-electron chi connectivity index (χ4n) is 1.75. The average Bonchev–Trinajstić information content (AvgIpc) is 2.20. The lowest BCUT2D eigenvalue weighted by Crippen LogP contribution is -2.10. The lowest BCUT2D eigenvalue weighted by molar-refractivity contribution is -0.138. The minimum absolute atomic E-state index is 0.421. The van der Waals surface area contributed by atoms with Crippen molar-refractivity contribution in [2.24, 2.45) is 0 Å². The number of carbonyl (C=O) groups is 1. The first-order chi connectivity index (χ1) is 6.97. The first-order valence-electron chi connectivity index (χ1n) is 5.30. The first kappa shape index (κ1) is 11.8. The van der Waals surface area contributed by atoms with Gasteiger partial charge in [-0.1, -0.05) is 19.1 Å². The number of benzene rings is 1. The molecule has 2 heteroatoms.